The van der Waals surface area contributed by atoms with E-state index in [1.807, 2.05) is 0 Å². The van der Waals surface area contributed by atoms with E-state index < -0.39 is 30.2 Å². The van der Waals surface area contributed by atoms with Gasteiger partial charge in [-0.05, 0) is 18.2 Å². The van der Waals surface area contributed by atoms with E-state index in [0.717, 1.165) is 17.0 Å². The number of amides is 2. The fraction of sp³-hybridized carbons (Fsp3) is 0.529. The predicted molar refractivity (Wildman–Crippen MR) is 84.9 cm³/mol. The molecule has 0 aromatic heterocycles. The van der Waals surface area contributed by atoms with Gasteiger partial charge in [0.2, 0.25) is 5.91 Å². The number of morpholine rings is 1. The van der Waals surface area contributed by atoms with Crippen LogP contribution in [0.1, 0.15) is 16.8 Å². The Labute approximate surface area is 152 Å². The molecule has 148 valence electrons. The average Bonchev–Trinajstić information content (AvgIpc) is 3.01. The molecule has 2 heterocycles. The Kier molecular flexibility index (Phi) is 5.54. The molecule has 1 aromatic rings. The second kappa shape index (κ2) is 7.71. The molecule has 27 heavy (non-hydrogen) atoms. The minimum Gasteiger partial charge on any atom is -0.406 e. The van der Waals surface area contributed by atoms with Crippen LogP contribution in [0.25, 0.3) is 0 Å². The fourth-order valence-corrected chi connectivity index (χ4v) is 3.23. The van der Waals surface area contributed by atoms with Gasteiger partial charge in [-0.15, -0.1) is 13.2 Å². The topological polar surface area (TPSA) is 59.1 Å². The number of benzene rings is 1. The number of hydrogen-bond donors (Lipinski definition) is 0. The van der Waals surface area contributed by atoms with Gasteiger partial charge in [0.05, 0.1) is 19.8 Å². The number of alkyl halides is 4. The largest absolute Gasteiger partial charge is 0.573 e. The predicted octanol–water partition coefficient (Wildman–Crippen LogP) is 2.00. The van der Waals surface area contributed by atoms with E-state index in [2.05, 4.69) is 4.74 Å². The summed E-state index contributed by atoms with van der Waals surface area (Å²) in [6.07, 6.45) is -6.41. The van der Waals surface area contributed by atoms with Crippen molar-refractivity contribution < 1.29 is 36.6 Å². The van der Waals surface area contributed by atoms with Gasteiger partial charge in [0.1, 0.15) is 18.0 Å². The van der Waals surface area contributed by atoms with Crippen molar-refractivity contribution in [3.63, 3.8) is 0 Å². The molecule has 2 aliphatic rings. The van der Waals surface area contributed by atoms with Crippen molar-refractivity contribution in [1.82, 2.24) is 9.80 Å². The number of nitrogens with zero attached hydrogens (tertiary/aromatic N) is 2. The van der Waals surface area contributed by atoms with E-state index in [1.165, 1.54) is 17.0 Å². The van der Waals surface area contributed by atoms with Gasteiger partial charge in [-0.1, -0.05) is 6.07 Å². The summed E-state index contributed by atoms with van der Waals surface area (Å²) in [5, 5.41) is 0. The van der Waals surface area contributed by atoms with Crippen molar-refractivity contribution in [2.75, 3.05) is 32.8 Å². The van der Waals surface area contributed by atoms with E-state index in [9.17, 15) is 27.2 Å². The maximum absolute atomic E-state index is 14.0. The van der Waals surface area contributed by atoms with Gasteiger partial charge in [-0.3, -0.25) is 9.59 Å². The van der Waals surface area contributed by atoms with Crippen LogP contribution in [0.15, 0.2) is 24.3 Å². The minimum atomic E-state index is -4.89. The lowest BCUT2D eigenvalue weighted by molar-refractivity contribution is -0.274. The molecule has 2 aliphatic heterocycles. The van der Waals surface area contributed by atoms with Crippen molar-refractivity contribution in [2.24, 2.45) is 0 Å². The zero-order valence-electron chi connectivity index (χ0n) is 14.2. The number of carbonyl (C=O) groups excluding carboxylic acids is 2. The number of halogens is 4. The second-order valence-corrected chi connectivity index (χ2v) is 6.32. The highest BCUT2D eigenvalue weighted by Gasteiger charge is 2.42. The molecule has 0 bridgehead atoms. The molecule has 3 rings (SSSR count). The highest BCUT2D eigenvalue weighted by Crippen LogP contribution is 2.27. The van der Waals surface area contributed by atoms with Crippen molar-refractivity contribution >= 4 is 11.8 Å². The molecule has 0 aliphatic carbocycles. The molecule has 6 nitrogen and oxygen atoms in total. The van der Waals surface area contributed by atoms with Gasteiger partial charge in [0.25, 0.3) is 5.91 Å². The Morgan fingerprint density at radius 2 is 1.89 bits per heavy atom. The molecule has 0 unspecified atom stereocenters. The highest BCUT2D eigenvalue weighted by atomic mass is 19.4. The lowest BCUT2D eigenvalue weighted by atomic mass is 10.1. The maximum Gasteiger partial charge on any atom is 0.573 e. The van der Waals surface area contributed by atoms with Crippen LogP contribution in [0.5, 0.6) is 5.75 Å². The van der Waals surface area contributed by atoms with Gasteiger partial charge < -0.3 is 19.3 Å². The van der Waals surface area contributed by atoms with Crippen molar-refractivity contribution in [3.8, 4) is 5.75 Å². The van der Waals surface area contributed by atoms with Crippen LogP contribution in [0.4, 0.5) is 17.6 Å². The summed E-state index contributed by atoms with van der Waals surface area (Å²) < 4.78 is 60.1. The SMILES string of the molecule is O=C([C@@H]1C[C@H](F)CN1C(=O)c1cccc(OC(F)(F)F)c1)N1CCOCC1. The number of hydrogen-bond acceptors (Lipinski definition) is 4. The van der Waals surface area contributed by atoms with E-state index >= 15 is 0 Å². The third-order valence-corrected chi connectivity index (χ3v) is 4.43. The molecule has 2 atom stereocenters. The number of likely N-dealkylation sites (tertiary alicyclic amines) is 1. The second-order valence-electron chi connectivity index (χ2n) is 6.32. The molecular formula is C17H18F4N2O4. The monoisotopic (exact) mass is 390 g/mol. The summed E-state index contributed by atoms with van der Waals surface area (Å²) >= 11 is 0. The van der Waals surface area contributed by atoms with Gasteiger partial charge in [0.15, 0.2) is 0 Å². The first kappa shape index (κ1) is 19.4. The Hall–Kier alpha value is -2.36. The first-order valence-electron chi connectivity index (χ1n) is 8.42. The van der Waals surface area contributed by atoms with Crippen LogP contribution in [0.2, 0.25) is 0 Å². The van der Waals surface area contributed by atoms with Crippen molar-refractivity contribution in [1.29, 1.82) is 0 Å². The summed E-state index contributed by atoms with van der Waals surface area (Å²) in [6, 6.07) is 3.53. The third kappa shape index (κ3) is 4.68. The third-order valence-electron chi connectivity index (χ3n) is 4.43. The molecule has 1 aromatic carbocycles. The van der Waals surface area contributed by atoms with Crippen LogP contribution in [-0.4, -0.2) is 73.0 Å². The molecule has 0 N–H and O–H groups in total. The van der Waals surface area contributed by atoms with E-state index in [4.69, 9.17) is 4.74 Å². The maximum atomic E-state index is 14.0. The molecular weight excluding hydrogens is 372 g/mol. The van der Waals surface area contributed by atoms with Crippen molar-refractivity contribution in [3.05, 3.63) is 29.8 Å². The van der Waals surface area contributed by atoms with Crippen LogP contribution < -0.4 is 4.74 Å². The standard InChI is InChI=1S/C17H18F4N2O4/c18-12-9-14(16(25)22-4-6-26-7-5-22)23(10-12)15(24)11-2-1-3-13(8-11)27-17(19,20)21/h1-3,8,12,14H,4-7,9-10H2/t12-,14-/m0/s1. The number of ether oxygens (including phenoxy) is 2. The molecule has 0 saturated carbocycles. The Morgan fingerprint density at radius 1 is 1.19 bits per heavy atom. The summed E-state index contributed by atoms with van der Waals surface area (Å²) in [7, 11) is 0. The van der Waals surface area contributed by atoms with Gasteiger partial charge in [0, 0.05) is 25.1 Å². The zero-order valence-corrected chi connectivity index (χ0v) is 14.2. The lowest BCUT2D eigenvalue weighted by Gasteiger charge is -2.32. The minimum absolute atomic E-state index is 0.106. The van der Waals surface area contributed by atoms with Gasteiger partial charge in [-0.2, -0.15) is 0 Å². The summed E-state index contributed by atoms with van der Waals surface area (Å²) in [5.74, 6) is -1.65. The smallest absolute Gasteiger partial charge is 0.406 e. The molecule has 10 heteroatoms. The van der Waals surface area contributed by atoms with Crippen LogP contribution >= 0.6 is 0 Å². The summed E-state index contributed by atoms with van der Waals surface area (Å²) in [4.78, 5) is 28.0. The highest BCUT2D eigenvalue weighted by molar-refractivity contribution is 5.98. The van der Waals surface area contributed by atoms with Crippen LogP contribution in [-0.2, 0) is 9.53 Å². The molecule has 0 spiro atoms. The van der Waals surface area contributed by atoms with E-state index in [0.29, 0.717) is 26.3 Å². The number of carbonyl (C=O) groups is 2. The summed E-state index contributed by atoms with van der Waals surface area (Å²) in [5.41, 5.74) is -0.106. The molecule has 0 radical (unpaired) electrons. The fourth-order valence-electron chi connectivity index (χ4n) is 3.23. The lowest BCUT2D eigenvalue weighted by Crippen LogP contribution is -2.51. The Balaban J connectivity index is 1.77. The zero-order chi connectivity index (χ0) is 19.6. The molecule has 2 fully saturated rings. The average molecular weight is 390 g/mol. The van der Waals surface area contributed by atoms with E-state index in [1.54, 1.807) is 0 Å². The number of rotatable bonds is 3. The first-order valence-corrected chi connectivity index (χ1v) is 8.42. The molecule has 2 saturated heterocycles. The first-order chi connectivity index (χ1) is 12.7. The quantitative estimate of drug-likeness (QED) is 0.741. The Bertz CT molecular complexity index is 706. The van der Waals surface area contributed by atoms with Gasteiger partial charge >= 0.3 is 6.36 Å². The van der Waals surface area contributed by atoms with Crippen LogP contribution in [0, 0.1) is 0 Å². The van der Waals surface area contributed by atoms with E-state index in [-0.39, 0.29) is 24.4 Å². The Morgan fingerprint density at radius 3 is 2.56 bits per heavy atom. The van der Waals surface area contributed by atoms with Crippen molar-refractivity contribution in [2.45, 2.75) is 25.0 Å². The normalized spacial score (nSPS) is 23.4. The van der Waals surface area contributed by atoms with Gasteiger partial charge in [-0.25, -0.2) is 4.39 Å². The summed E-state index contributed by atoms with van der Waals surface area (Å²) in [6.45, 7) is 1.14. The van der Waals surface area contributed by atoms with Crippen LogP contribution in [0.3, 0.4) is 0 Å². The molecule has 2 amide bonds.